The fourth-order valence-corrected chi connectivity index (χ4v) is 0.434. The van der Waals surface area contributed by atoms with Gasteiger partial charge in [-0.05, 0) is 6.42 Å². The number of halogens is 6. The zero-order chi connectivity index (χ0) is 9.28. The first kappa shape index (κ1) is 15.6. The van der Waals surface area contributed by atoms with Crippen molar-refractivity contribution in [2.45, 2.75) is 31.6 Å². The quantitative estimate of drug-likeness (QED) is 0.540. The van der Waals surface area contributed by atoms with Crippen molar-refractivity contribution in [1.82, 2.24) is 0 Å². The van der Waals surface area contributed by atoms with E-state index in [0.29, 0.717) is 0 Å². The van der Waals surface area contributed by atoms with Crippen molar-refractivity contribution >= 4 is 48.9 Å². The topological polar surface area (TPSA) is 0 Å². The van der Waals surface area contributed by atoms with Crippen LogP contribution in [-0.2, 0) is 0 Å². The Morgan fingerprint density at radius 3 is 1.50 bits per heavy atom. The van der Waals surface area contributed by atoms with Crippen molar-refractivity contribution in [3.05, 3.63) is 0 Å². The number of rotatable bonds is 2. The molecule has 0 saturated heterocycles. The minimum atomic E-state index is -5.79. The van der Waals surface area contributed by atoms with Gasteiger partial charge >= 0.3 is 61.0 Å². The summed E-state index contributed by atoms with van der Waals surface area (Å²) >= 11 is 0. The van der Waals surface area contributed by atoms with E-state index in [0.717, 1.165) is 6.92 Å². The molecule has 0 saturated carbocycles. The van der Waals surface area contributed by atoms with Gasteiger partial charge in [-0.1, -0.05) is 6.92 Å². The Hall–Kier alpha value is 1.15. The van der Waals surface area contributed by atoms with E-state index in [9.17, 15) is 26.3 Å². The van der Waals surface area contributed by atoms with Crippen LogP contribution in [0, 0.1) is 0 Å². The van der Waals surface area contributed by atoms with Gasteiger partial charge < -0.3 is 0 Å². The molecular formula is C5H8BaF6. The van der Waals surface area contributed by atoms with Gasteiger partial charge in [0.25, 0.3) is 0 Å². The van der Waals surface area contributed by atoms with Crippen LogP contribution < -0.4 is 0 Å². The summed E-state index contributed by atoms with van der Waals surface area (Å²) in [5, 5.41) is 0. The third-order valence-corrected chi connectivity index (χ3v) is 1.13. The van der Waals surface area contributed by atoms with Crippen LogP contribution in [0.1, 0.15) is 13.3 Å². The molecule has 0 aromatic rings. The van der Waals surface area contributed by atoms with Crippen molar-refractivity contribution in [3.63, 3.8) is 0 Å². The summed E-state index contributed by atoms with van der Waals surface area (Å²) in [6, 6.07) is 0. The molecule has 0 nitrogen and oxygen atoms in total. The monoisotopic (exact) mass is 320 g/mol. The van der Waals surface area contributed by atoms with E-state index in [4.69, 9.17) is 0 Å². The molecule has 0 rings (SSSR count). The second-order valence-electron chi connectivity index (χ2n) is 2.00. The van der Waals surface area contributed by atoms with Crippen LogP contribution in [0.15, 0.2) is 0 Å². The molecule has 0 spiro atoms. The molecular weight excluding hydrogens is 311 g/mol. The molecule has 7 heteroatoms. The molecule has 0 aromatic heterocycles. The third kappa shape index (κ3) is 3.49. The first-order valence-electron chi connectivity index (χ1n) is 2.82. The first-order chi connectivity index (χ1) is 4.73. The average Bonchev–Trinajstić information content (AvgIpc) is 1.83. The van der Waals surface area contributed by atoms with E-state index in [2.05, 4.69) is 0 Å². The average molecular weight is 319 g/mol. The van der Waals surface area contributed by atoms with E-state index >= 15 is 0 Å². The number of hydrogen-bond acceptors (Lipinski definition) is 0. The maximum atomic E-state index is 11.9. The molecule has 1 atom stereocenters. The summed E-state index contributed by atoms with van der Waals surface area (Å²) in [6.45, 7) is 0.921. The molecule has 0 N–H and O–H groups in total. The van der Waals surface area contributed by atoms with Crippen molar-refractivity contribution in [2.24, 2.45) is 0 Å². The Morgan fingerprint density at radius 2 is 1.42 bits per heavy atom. The summed E-state index contributed by atoms with van der Waals surface area (Å²) in [4.78, 5) is 0. The second-order valence-corrected chi connectivity index (χ2v) is 2.00. The minimum absolute atomic E-state index is 0. The molecule has 0 aliphatic heterocycles. The Kier molecular flexibility index (Phi) is 6.68. The molecule has 1 unspecified atom stereocenters. The predicted molar refractivity (Wildman–Crippen MR) is 34.7 cm³/mol. The molecule has 0 fully saturated rings. The molecule has 0 bridgehead atoms. The zero-order valence-corrected chi connectivity index (χ0v) is 5.55. The Balaban J connectivity index is 0. The molecule has 12 heavy (non-hydrogen) atoms. The molecule has 0 aliphatic carbocycles. The van der Waals surface area contributed by atoms with Gasteiger partial charge in [-0.2, -0.15) is 22.0 Å². The van der Waals surface area contributed by atoms with E-state index in [-0.39, 0.29) is 48.9 Å². The van der Waals surface area contributed by atoms with E-state index in [1.54, 1.807) is 0 Å². The van der Waals surface area contributed by atoms with Gasteiger partial charge in [0.1, 0.15) is 0 Å². The van der Waals surface area contributed by atoms with Crippen LogP contribution in [-0.4, -0.2) is 67.2 Å². The van der Waals surface area contributed by atoms with E-state index in [1.807, 2.05) is 0 Å². The summed E-state index contributed by atoms with van der Waals surface area (Å²) in [7, 11) is 0. The Labute approximate surface area is 106 Å². The molecule has 72 valence electrons. The number of alkyl halides is 6. The fraction of sp³-hybridized carbons (Fsp3) is 1.00. The Bertz CT molecular complexity index is 130. The van der Waals surface area contributed by atoms with E-state index in [1.165, 1.54) is 0 Å². The molecule has 0 heterocycles. The van der Waals surface area contributed by atoms with Crippen LogP contribution in [0.3, 0.4) is 0 Å². The van der Waals surface area contributed by atoms with Gasteiger partial charge in [0.05, 0.1) is 0 Å². The van der Waals surface area contributed by atoms with Gasteiger partial charge in [-0.15, -0.1) is 0 Å². The van der Waals surface area contributed by atoms with Crippen LogP contribution >= 0.6 is 0 Å². The predicted octanol–water partition coefficient (Wildman–Crippen LogP) is 2.02. The van der Waals surface area contributed by atoms with Gasteiger partial charge in [0.15, 0.2) is 6.17 Å². The second kappa shape index (κ2) is 5.14. The van der Waals surface area contributed by atoms with Crippen LogP contribution in [0.5, 0.6) is 0 Å². The van der Waals surface area contributed by atoms with Gasteiger partial charge in [-0.25, -0.2) is 4.39 Å². The normalized spacial score (nSPS) is 15.2. The first-order valence-corrected chi connectivity index (χ1v) is 2.82. The van der Waals surface area contributed by atoms with Gasteiger partial charge in [-0.3, -0.25) is 0 Å². The summed E-state index contributed by atoms with van der Waals surface area (Å²) in [6.07, 6.45) is -9.79. The molecule has 0 aromatic carbocycles. The van der Waals surface area contributed by atoms with Crippen molar-refractivity contribution in [2.75, 3.05) is 0 Å². The zero-order valence-electron chi connectivity index (χ0n) is 5.55. The summed E-state index contributed by atoms with van der Waals surface area (Å²) in [5.74, 6) is -5.22. The molecule has 0 aliphatic rings. The molecule has 0 amide bonds. The summed E-state index contributed by atoms with van der Waals surface area (Å²) < 4.78 is 69.4. The maximum absolute atomic E-state index is 11.9. The standard InChI is InChI=1S/C5H6F6.Ba.2H/c1-2-3(6)4(7,8)5(9,10)11;;;/h3H,2H2,1H3;;;. The van der Waals surface area contributed by atoms with Crippen molar-refractivity contribution < 1.29 is 26.3 Å². The van der Waals surface area contributed by atoms with Crippen LogP contribution in [0.4, 0.5) is 26.3 Å². The van der Waals surface area contributed by atoms with Crippen molar-refractivity contribution in [3.8, 4) is 0 Å². The fourth-order valence-electron chi connectivity index (χ4n) is 0.434. The van der Waals surface area contributed by atoms with Crippen LogP contribution in [0.2, 0.25) is 0 Å². The third-order valence-electron chi connectivity index (χ3n) is 1.13. The molecule has 0 radical (unpaired) electrons. The van der Waals surface area contributed by atoms with Crippen LogP contribution in [0.25, 0.3) is 0 Å². The number of hydrogen-bond donors (Lipinski definition) is 0. The van der Waals surface area contributed by atoms with Gasteiger partial charge in [0, 0.05) is 0 Å². The Morgan fingerprint density at radius 1 is 1.08 bits per heavy atom. The SMILES string of the molecule is CCC(F)C(F)(F)C(F)(F)F.[BaH2]. The van der Waals surface area contributed by atoms with E-state index < -0.39 is 24.7 Å². The summed E-state index contributed by atoms with van der Waals surface area (Å²) in [5.41, 5.74) is 0. The van der Waals surface area contributed by atoms with Gasteiger partial charge in [0.2, 0.25) is 0 Å². The van der Waals surface area contributed by atoms with Crippen molar-refractivity contribution in [1.29, 1.82) is 0 Å².